The molecule has 1 heterocycles. The molecule has 1 fully saturated rings. The Bertz CT molecular complexity index is 1020. The van der Waals surface area contributed by atoms with Crippen LogP contribution in [0.2, 0.25) is 0 Å². The molecule has 7 heteroatoms. The highest BCUT2D eigenvalue weighted by Crippen LogP contribution is 2.44. The number of rotatable bonds is 5. The summed E-state index contributed by atoms with van der Waals surface area (Å²) < 4.78 is 5.55. The average Bonchev–Trinajstić information content (AvgIpc) is 3.29. The van der Waals surface area contributed by atoms with E-state index in [-0.39, 0.29) is 18.4 Å². The van der Waals surface area contributed by atoms with E-state index in [1.165, 1.54) is 4.90 Å². The number of nitrogens with one attached hydrogen (secondary N) is 1. The maximum Gasteiger partial charge on any atom is 0.408 e. The van der Waals surface area contributed by atoms with Gasteiger partial charge in [0.2, 0.25) is 5.91 Å². The van der Waals surface area contributed by atoms with E-state index in [4.69, 9.17) is 4.74 Å². The van der Waals surface area contributed by atoms with Crippen molar-refractivity contribution in [1.82, 2.24) is 10.2 Å². The summed E-state index contributed by atoms with van der Waals surface area (Å²) in [5, 5.41) is 12.1. The van der Waals surface area contributed by atoms with Gasteiger partial charge in [-0.05, 0) is 48.4 Å². The predicted octanol–water partition coefficient (Wildman–Crippen LogP) is 3.63. The normalized spacial score (nSPS) is 19.9. The zero-order valence-corrected chi connectivity index (χ0v) is 18.5. The lowest BCUT2D eigenvalue weighted by Crippen LogP contribution is -2.58. The van der Waals surface area contributed by atoms with Crippen molar-refractivity contribution in [3.63, 3.8) is 0 Å². The van der Waals surface area contributed by atoms with Crippen LogP contribution < -0.4 is 5.32 Å². The number of hydrogen-bond acceptors (Lipinski definition) is 4. The van der Waals surface area contributed by atoms with E-state index in [9.17, 15) is 19.5 Å². The number of likely N-dealkylation sites (tertiary alicyclic amines) is 1. The van der Waals surface area contributed by atoms with Crippen molar-refractivity contribution in [1.29, 1.82) is 0 Å². The first kappa shape index (κ1) is 21.9. The number of carboxylic acid groups (broad SMARTS) is 1. The number of amides is 2. The molecule has 2 aliphatic rings. The fourth-order valence-corrected chi connectivity index (χ4v) is 4.85. The topological polar surface area (TPSA) is 95.9 Å². The van der Waals surface area contributed by atoms with Crippen molar-refractivity contribution in [3.05, 3.63) is 59.7 Å². The molecule has 2 atom stereocenters. The highest BCUT2D eigenvalue weighted by Gasteiger charge is 2.45. The Morgan fingerprint density at radius 3 is 2.19 bits per heavy atom. The van der Waals surface area contributed by atoms with E-state index in [1.54, 1.807) is 13.8 Å². The number of nitrogens with zero attached hydrogens (tertiary/aromatic N) is 1. The Kier molecular flexibility index (Phi) is 5.67. The first-order chi connectivity index (χ1) is 15.2. The van der Waals surface area contributed by atoms with Crippen molar-refractivity contribution in [2.75, 3.05) is 13.2 Å². The smallest absolute Gasteiger partial charge is 0.408 e. The third kappa shape index (κ3) is 3.83. The van der Waals surface area contributed by atoms with E-state index in [0.29, 0.717) is 13.0 Å². The number of fused-ring (bicyclic) bond motifs is 3. The van der Waals surface area contributed by atoms with Crippen molar-refractivity contribution >= 4 is 18.0 Å². The van der Waals surface area contributed by atoms with E-state index in [1.807, 2.05) is 43.3 Å². The van der Waals surface area contributed by atoms with E-state index in [2.05, 4.69) is 17.4 Å². The first-order valence-corrected chi connectivity index (χ1v) is 10.9. The minimum Gasteiger partial charge on any atom is -0.480 e. The van der Waals surface area contributed by atoms with Gasteiger partial charge in [0.05, 0.1) is 0 Å². The quantitative estimate of drug-likeness (QED) is 0.746. The Morgan fingerprint density at radius 1 is 1.06 bits per heavy atom. The van der Waals surface area contributed by atoms with Crippen LogP contribution in [0.25, 0.3) is 11.1 Å². The number of aliphatic carboxylic acids is 1. The van der Waals surface area contributed by atoms with Crippen LogP contribution in [0, 0.1) is 5.92 Å². The summed E-state index contributed by atoms with van der Waals surface area (Å²) in [6, 6.07) is 15.2. The van der Waals surface area contributed by atoms with Crippen LogP contribution >= 0.6 is 0 Å². The molecular formula is C25H28N2O5. The molecule has 0 radical (unpaired) electrons. The molecule has 0 saturated carbocycles. The van der Waals surface area contributed by atoms with E-state index >= 15 is 0 Å². The molecule has 2 aromatic rings. The number of carbonyl (C=O) groups is 3. The van der Waals surface area contributed by atoms with Gasteiger partial charge in [-0.25, -0.2) is 9.59 Å². The fraction of sp³-hybridized carbons (Fsp3) is 0.400. The predicted molar refractivity (Wildman–Crippen MR) is 119 cm³/mol. The molecule has 0 spiro atoms. The summed E-state index contributed by atoms with van der Waals surface area (Å²) in [4.78, 5) is 38.6. The molecule has 2 N–H and O–H groups in total. The van der Waals surface area contributed by atoms with Crippen LogP contribution in [-0.4, -0.2) is 52.7 Å². The van der Waals surface area contributed by atoms with Crippen LogP contribution in [0.5, 0.6) is 0 Å². The van der Waals surface area contributed by atoms with Gasteiger partial charge in [-0.1, -0.05) is 55.5 Å². The molecule has 32 heavy (non-hydrogen) atoms. The summed E-state index contributed by atoms with van der Waals surface area (Å²) >= 11 is 0. The fourth-order valence-electron chi connectivity index (χ4n) is 4.85. The van der Waals surface area contributed by atoms with Gasteiger partial charge in [-0.15, -0.1) is 0 Å². The van der Waals surface area contributed by atoms with Crippen molar-refractivity contribution in [3.8, 4) is 11.1 Å². The lowest BCUT2D eigenvalue weighted by molar-refractivity contribution is -0.151. The van der Waals surface area contributed by atoms with Crippen LogP contribution in [0.4, 0.5) is 4.79 Å². The number of alkyl carbamates (subject to hydrolysis) is 1. The number of benzene rings is 2. The maximum atomic E-state index is 13.0. The van der Waals surface area contributed by atoms with Gasteiger partial charge in [0.15, 0.2) is 0 Å². The number of hydrogen-bond donors (Lipinski definition) is 2. The number of carboxylic acids is 1. The summed E-state index contributed by atoms with van der Waals surface area (Å²) in [7, 11) is 0. The molecule has 4 rings (SSSR count). The van der Waals surface area contributed by atoms with Gasteiger partial charge in [0.25, 0.3) is 0 Å². The van der Waals surface area contributed by atoms with Gasteiger partial charge < -0.3 is 20.1 Å². The maximum absolute atomic E-state index is 13.0. The minimum atomic E-state index is -1.29. The highest BCUT2D eigenvalue weighted by atomic mass is 16.5. The molecule has 1 saturated heterocycles. The zero-order valence-electron chi connectivity index (χ0n) is 18.5. The summed E-state index contributed by atoms with van der Waals surface area (Å²) in [6.07, 6.45) is -0.0895. The molecule has 2 unspecified atom stereocenters. The zero-order chi connectivity index (χ0) is 23.0. The van der Waals surface area contributed by atoms with Gasteiger partial charge in [0.1, 0.15) is 18.2 Å². The Balaban J connectivity index is 1.43. The Hall–Kier alpha value is -3.35. The average molecular weight is 437 g/mol. The lowest BCUT2D eigenvalue weighted by atomic mass is 9.98. The molecule has 168 valence electrons. The first-order valence-electron chi connectivity index (χ1n) is 10.9. The second-order valence-corrected chi connectivity index (χ2v) is 9.12. The second-order valence-electron chi connectivity index (χ2n) is 9.12. The van der Waals surface area contributed by atoms with Gasteiger partial charge >= 0.3 is 12.1 Å². The standard InChI is InChI=1S/C25H28N2O5/c1-15-12-13-27(21(15)22(28)29)23(30)25(2,3)26-24(31)32-14-20-18-10-6-4-8-16(18)17-9-5-7-11-19(17)20/h4-11,15,20-21H,12-14H2,1-3H3,(H,26,31)(H,28,29). The van der Waals surface area contributed by atoms with Gasteiger partial charge in [-0.2, -0.15) is 0 Å². The number of ether oxygens (including phenoxy) is 1. The van der Waals surface area contributed by atoms with Crippen molar-refractivity contribution in [2.45, 2.75) is 44.7 Å². The van der Waals surface area contributed by atoms with Crippen molar-refractivity contribution in [2.24, 2.45) is 5.92 Å². The molecule has 2 aromatic carbocycles. The molecule has 7 nitrogen and oxygen atoms in total. The summed E-state index contributed by atoms with van der Waals surface area (Å²) in [5.41, 5.74) is 3.19. The molecule has 2 amide bonds. The molecule has 1 aliphatic carbocycles. The van der Waals surface area contributed by atoms with Crippen LogP contribution in [0.1, 0.15) is 44.2 Å². The number of carbonyl (C=O) groups excluding carboxylic acids is 2. The molecule has 0 aromatic heterocycles. The van der Waals surface area contributed by atoms with Gasteiger partial charge in [-0.3, -0.25) is 4.79 Å². The second kappa shape index (κ2) is 8.30. The summed E-state index contributed by atoms with van der Waals surface area (Å²) in [5.74, 6) is -1.67. The highest BCUT2D eigenvalue weighted by molar-refractivity contribution is 5.92. The Morgan fingerprint density at radius 2 is 1.62 bits per heavy atom. The largest absolute Gasteiger partial charge is 0.480 e. The minimum absolute atomic E-state index is 0.0808. The lowest BCUT2D eigenvalue weighted by Gasteiger charge is -2.32. The van der Waals surface area contributed by atoms with Crippen LogP contribution in [0.15, 0.2) is 48.5 Å². The van der Waals surface area contributed by atoms with E-state index in [0.717, 1.165) is 22.3 Å². The van der Waals surface area contributed by atoms with Gasteiger partial charge in [0, 0.05) is 12.5 Å². The monoisotopic (exact) mass is 436 g/mol. The third-order valence-corrected chi connectivity index (χ3v) is 6.51. The summed E-state index contributed by atoms with van der Waals surface area (Å²) in [6.45, 7) is 5.45. The van der Waals surface area contributed by atoms with Crippen LogP contribution in [-0.2, 0) is 14.3 Å². The molecular weight excluding hydrogens is 408 g/mol. The van der Waals surface area contributed by atoms with Crippen LogP contribution in [0.3, 0.4) is 0 Å². The third-order valence-electron chi connectivity index (χ3n) is 6.51. The molecule has 0 bridgehead atoms. The van der Waals surface area contributed by atoms with E-state index < -0.39 is 29.6 Å². The Labute approximate surface area is 187 Å². The van der Waals surface area contributed by atoms with Crippen molar-refractivity contribution < 1.29 is 24.2 Å². The SMILES string of the molecule is CC1CCN(C(=O)C(C)(C)NC(=O)OCC2c3ccccc3-c3ccccc32)C1C(=O)O. The molecule has 1 aliphatic heterocycles.